The fraction of sp³-hybridized carbons (Fsp3) is 0.719. The van der Waals surface area contributed by atoms with E-state index in [1.165, 1.54) is 31.2 Å². The summed E-state index contributed by atoms with van der Waals surface area (Å²) in [6.45, 7) is 4.87. The molecule has 0 aliphatic heterocycles. The highest BCUT2D eigenvalue weighted by Gasteiger charge is 2.89. The molecule has 5 fully saturated rings. The number of anilines is 1. The van der Waals surface area contributed by atoms with E-state index < -0.39 is 5.60 Å². The van der Waals surface area contributed by atoms with Crippen molar-refractivity contribution in [3.05, 3.63) is 42.0 Å². The van der Waals surface area contributed by atoms with Gasteiger partial charge in [-0.3, -0.25) is 4.79 Å². The number of fused-ring (bicyclic) bond motifs is 2. The number of aliphatic hydroxyl groups excluding tert-OH is 1. The Kier molecular flexibility index (Phi) is 5.22. The number of hydrogen-bond donors (Lipinski definition) is 3. The summed E-state index contributed by atoms with van der Waals surface area (Å²) in [6.07, 6.45) is 12.4. The summed E-state index contributed by atoms with van der Waals surface area (Å²) in [7, 11) is 1.69. The molecule has 5 nitrogen and oxygen atoms in total. The summed E-state index contributed by atoms with van der Waals surface area (Å²) in [6, 6.07) is 8.70. The van der Waals surface area contributed by atoms with Gasteiger partial charge in [-0.1, -0.05) is 31.2 Å². The molecule has 0 saturated heterocycles. The van der Waals surface area contributed by atoms with Gasteiger partial charge in [0.25, 0.3) is 0 Å². The number of ether oxygens (including phenoxy) is 1. The fourth-order valence-electron chi connectivity index (χ4n) is 11.9. The minimum absolute atomic E-state index is 0.0429. The van der Waals surface area contributed by atoms with E-state index in [1.54, 1.807) is 14.0 Å². The largest absolute Gasteiger partial charge is 0.392 e. The number of allylic oxidation sites excluding steroid dienone is 2. The zero-order chi connectivity index (χ0) is 25.8. The van der Waals surface area contributed by atoms with Gasteiger partial charge in [-0.15, -0.1) is 0 Å². The highest BCUT2D eigenvalue weighted by molar-refractivity contribution is 5.88. The minimum atomic E-state index is -1.03. The van der Waals surface area contributed by atoms with Crippen molar-refractivity contribution < 1.29 is 19.7 Å². The number of benzene rings is 1. The molecular formula is C32H43NO4. The number of carbonyl (C=O) groups is 1. The number of Topliss-reactive ketones (excluding diaryl/α,β-unsaturated/α-hetero) is 1. The highest BCUT2D eigenvalue weighted by Crippen LogP contribution is 2.88. The lowest BCUT2D eigenvalue weighted by Gasteiger charge is -2.63. The molecule has 1 aromatic rings. The first-order valence-corrected chi connectivity index (χ1v) is 14.7. The van der Waals surface area contributed by atoms with E-state index in [2.05, 4.69) is 48.7 Å². The van der Waals surface area contributed by atoms with E-state index in [1.807, 2.05) is 0 Å². The van der Waals surface area contributed by atoms with E-state index in [0.29, 0.717) is 30.7 Å². The van der Waals surface area contributed by atoms with Gasteiger partial charge in [-0.25, -0.2) is 0 Å². The Morgan fingerprint density at radius 1 is 1.24 bits per heavy atom. The molecule has 0 amide bonds. The van der Waals surface area contributed by atoms with Gasteiger partial charge in [0.2, 0.25) is 0 Å². The zero-order valence-electron chi connectivity index (χ0n) is 22.6. The average molecular weight is 506 g/mol. The molecule has 5 saturated carbocycles. The van der Waals surface area contributed by atoms with E-state index >= 15 is 0 Å². The van der Waals surface area contributed by atoms with Crippen LogP contribution in [-0.2, 0) is 16.0 Å². The van der Waals surface area contributed by atoms with Crippen LogP contribution < -0.4 is 5.32 Å². The summed E-state index contributed by atoms with van der Waals surface area (Å²) in [5, 5.41) is 25.7. The molecule has 6 aliphatic rings. The molecule has 0 unspecified atom stereocenters. The Bertz CT molecular complexity index is 1150. The van der Waals surface area contributed by atoms with Crippen LogP contribution in [0.4, 0.5) is 5.69 Å². The standard InChI is InChI=1S/C32H43NO4/c1-19(34)18-33-23-7-4-6-20(15-23)14-21-9-12-30-13-10-22-16-25-28-26(35)17-27(37-3)32(28,36)31(22,29(25,30)2)11-5-8-24(21)30/h4-8,15,19,21-22,24-25,27-28,33-34,36H,9-14,16-18H2,1-3H3/t19-,21+,22+,24-,25-,27-,28-,29+,30+,31-,32+/m0/s1. The SMILES string of the molecule is CO[C@H]1CC(=O)[C@@H]2[C@@H]3C[C@H]4CC[C@]56CC[C@H](Cc7cccc(NC[C@H](C)O)c7)[C@@H]5C=CC[C@@]4([C@@]12O)[C@]36C. The number of aliphatic hydroxyl groups is 2. The third-order valence-electron chi connectivity index (χ3n) is 12.9. The van der Waals surface area contributed by atoms with Crippen molar-refractivity contribution in [2.45, 2.75) is 83.0 Å². The number of ketones is 1. The molecule has 3 N–H and O–H groups in total. The second-order valence-electron chi connectivity index (χ2n) is 13.7. The van der Waals surface area contributed by atoms with Crippen LogP contribution in [0.3, 0.4) is 0 Å². The van der Waals surface area contributed by atoms with Crippen molar-refractivity contribution >= 4 is 11.5 Å². The molecular weight excluding hydrogens is 462 g/mol. The summed E-state index contributed by atoms with van der Waals surface area (Å²) in [4.78, 5) is 13.5. The third kappa shape index (κ3) is 2.69. The second-order valence-corrected chi connectivity index (χ2v) is 13.7. The van der Waals surface area contributed by atoms with Crippen molar-refractivity contribution in [2.24, 2.45) is 45.8 Å². The number of nitrogens with one attached hydrogen (secondary N) is 1. The van der Waals surface area contributed by atoms with Crippen LogP contribution in [0.5, 0.6) is 0 Å². The number of carbonyl (C=O) groups excluding carboxylic acids is 1. The van der Waals surface area contributed by atoms with Gasteiger partial charge in [-0.2, -0.15) is 0 Å². The molecule has 0 radical (unpaired) electrons. The lowest BCUT2D eigenvalue weighted by molar-refractivity contribution is -0.230. The van der Waals surface area contributed by atoms with Crippen LogP contribution in [0.2, 0.25) is 0 Å². The van der Waals surface area contributed by atoms with Gasteiger partial charge < -0.3 is 20.3 Å². The summed E-state index contributed by atoms with van der Waals surface area (Å²) >= 11 is 0. The Morgan fingerprint density at radius 3 is 2.84 bits per heavy atom. The van der Waals surface area contributed by atoms with Crippen molar-refractivity contribution in [3.8, 4) is 0 Å². The second kappa shape index (κ2) is 7.92. The summed E-state index contributed by atoms with van der Waals surface area (Å²) < 4.78 is 5.93. The highest BCUT2D eigenvalue weighted by atomic mass is 16.5. The molecule has 1 spiro atoms. The van der Waals surface area contributed by atoms with Crippen molar-refractivity contribution in [1.82, 2.24) is 0 Å². The number of hydrogen-bond acceptors (Lipinski definition) is 5. The van der Waals surface area contributed by atoms with E-state index in [4.69, 9.17) is 4.74 Å². The molecule has 11 atom stereocenters. The first kappa shape index (κ1) is 24.4. The average Bonchev–Trinajstić information content (AvgIpc) is 3.45. The maximum Gasteiger partial charge on any atom is 0.141 e. The van der Waals surface area contributed by atoms with Crippen molar-refractivity contribution in [1.29, 1.82) is 0 Å². The van der Waals surface area contributed by atoms with Gasteiger partial charge in [0.1, 0.15) is 11.4 Å². The van der Waals surface area contributed by atoms with Crippen molar-refractivity contribution in [2.75, 3.05) is 19.0 Å². The molecule has 7 rings (SSSR count). The Hall–Kier alpha value is -1.69. The van der Waals surface area contributed by atoms with Crippen LogP contribution in [0.15, 0.2) is 36.4 Å². The van der Waals surface area contributed by atoms with Gasteiger partial charge in [0.05, 0.1) is 18.1 Å². The van der Waals surface area contributed by atoms with Gasteiger partial charge >= 0.3 is 0 Å². The van der Waals surface area contributed by atoms with Crippen LogP contribution in [0.1, 0.15) is 64.4 Å². The lowest BCUT2D eigenvalue weighted by atomic mass is 9.41. The Balaban J connectivity index is 1.26. The molecule has 200 valence electrons. The van der Waals surface area contributed by atoms with Gasteiger partial charge in [0, 0.05) is 31.2 Å². The minimum Gasteiger partial charge on any atom is -0.392 e. The number of methoxy groups -OCH3 is 1. The van der Waals surface area contributed by atoms with Crippen LogP contribution in [0, 0.1) is 45.8 Å². The zero-order valence-corrected chi connectivity index (χ0v) is 22.6. The van der Waals surface area contributed by atoms with Crippen LogP contribution in [-0.4, -0.2) is 47.5 Å². The Morgan fingerprint density at radius 2 is 2.05 bits per heavy atom. The third-order valence-corrected chi connectivity index (χ3v) is 12.9. The maximum absolute atomic E-state index is 13.5. The monoisotopic (exact) mass is 505 g/mol. The first-order valence-electron chi connectivity index (χ1n) is 14.7. The van der Waals surface area contributed by atoms with Crippen LogP contribution in [0.25, 0.3) is 0 Å². The normalized spacial score (nSPS) is 49.6. The predicted octanol–water partition coefficient (Wildman–Crippen LogP) is 4.77. The van der Waals surface area contributed by atoms with Crippen molar-refractivity contribution in [3.63, 3.8) is 0 Å². The van der Waals surface area contributed by atoms with Crippen LogP contribution >= 0.6 is 0 Å². The summed E-state index contributed by atoms with van der Waals surface area (Å²) in [5.41, 5.74) is 1.23. The molecule has 1 aromatic carbocycles. The van der Waals surface area contributed by atoms with Gasteiger partial charge in [-0.05, 0) is 104 Å². The lowest BCUT2D eigenvalue weighted by Crippen LogP contribution is -2.65. The first-order chi connectivity index (χ1) is 17.7. The number of rotatable bonds is 6. The fourth-order valence-corrected chi connectivity index (χ4v) is 11.9. The molecule has 0 aromatic heterocycles. The molecule has 37 heavy (non-hydrogen) atoms. The molecule has 0 heterocycles. The quantitative estimate of drug-likeness (QED) is 0.486. The van der Waals surface area contributed by atoms with E-state index in [-0.39, 0.29) is 46.1 Å². The predicted molar refractivity (Wildman–Crippen MR) is 143 cm³/mol. The molecule has 5 heteroatoms. The molecule has 5 bridgehead atoms. The Labute approximate surface area is 221 Å². The van der Waals surface area contributed by atoms with E-state index in [9.17, 15) is 15.0 Å². The summed E-state index contributed by atoms with van der Waals surface area (Å²) in [5.74, 6) is 1.80. The van der Waals surface area contributed by atoms with Gasteiger partial charge in [0.15, 0.2) is 0 Å². The maximum atomic E-state index is 13.5. The molecule has 6 aliphatic carbocycles. The van der Waals surface area contributed by atoms with E-state index in [0.717, 1.165) is 24.9 Å². The topological polar surface area (TPSA) is 78.8 Å². The smallest absolute Gasteiger partial charge is 0.141 e.